The van der Waals surface area contributed by atoms with Crippen LogP contribution in [0.4, 0.5) is 11.5 Å². The number of hydrogen-bond acceptors (Lipinski definition) is 4. The molecule has 0 atom stereocenters. The minimum absolute atomic E-state index is 0.0268. The summed E-state index contributed by atoms with van der Waals surface area (Å²) in [5, 5.41) is 15.8. The molecule has 0 amide bonds. The van der Waals surface area contributed by atoms with Gasteiger partial charge in [-0.1, -0.05) is 58.4 Å². The van der Waals surface area contributed by atoms with Gasteiger partial charge < -0.3 is 0 Å². The first-order valence-electron chi connectivity index (χ1n) is 9.22. The van der Waals surface area contributed by atoms with E-state index in [9.17, 15) is 10.1 Å². The van der Waals surface area contributed by atoms with Crippen LogP contribution in [-0.2, 0) is 0 Å². The number of benzene rings is 3. The molecular formula is C23H17BrN4O2. The van der Waals surface area contributed by atoms with Gasteiger partial charge in [-0.25, -0.2) is 9.67 Å². The molecule has 148 valence electrons. The molecule has 0 saturated carbocycles. The van der Waals surface area contributed by atoms with Crippen LogP contribution in [-0.4, -0.2) is 20.9 Å². The number of nitro benzene ring substituents is 1. The van der Waals surface area contributed by atoms with Gasteiger partial charge in [-0.15, -0.1) is 0 Å². The zero-order valence-electron chi connectivity index (χ0n) is 16.1. The van der Waals surface area contributed by atoms with Gasteiger partial charge in [0, 0.05) is 28.4 Å². The molecule has 0 fully saturated rings. The number of non-ortho nitro benzene ring substituents is 1. The van der Waals surface area contributed by atoms with E-state index < -0.39 is 4.92 Å². The molecule has 0 bridgehead atoms. The van der Waals surface area contributed by atoms with Crippen LogP contribution in [0.25, 0.3) is 16.8 Å². The molecule has 0 saturated heterocycles. The number of aryl methyl sites for hydroxylation is 1. The molecular weight excluding hydrogens is 444 g/mol. The van der Waals surface area contributed by atoms with Gasteiger partial charge in [-0.2, -0.15) is 5.10 Å². The molecule has 30 heavy (non-hydrogen) atoms. The van der Waals surface area contributed by atoms with Gasteiger partial charge in [0.05, 0.1) is 16.3 Å². The Morgan fingerprint density at radius 1 is 1.03 bits per heavy atom. The maximum Gasteiger partial charge on any atom is 0.270 e. The third-order valence-corrected chi connectivity index (χ3v) is 5.06. The highest BCUT2D eigenvalue weighted by atomic mass is 79.9. The molecule has 0 N–H and O–H groups in total. The Labute approximate surface area is 181 Å². The van der Waals surface area contributed by atoms with Crippen molar-refractivity contribution in [3.63, 3.8) is 0 Å². The van der Waals surface area contributed by atoms with Crippen molar-refractivity contribution in [2.45, 2.75) is 6.92 Å². The van der Waals surface area contributed by atoms with E-state index in [0.717, 1.165) is 27.0 Å². The van der Waals surface area contributed by atoms with Crippen molar-refractivity contribution < 1.29 is 4.92 Å². The topological polar surface area (TPSA) is 73.3 Å². The lowest BCUT2D eigenvalue weighted by molar-refractivity contribution is -0.384. The summed E-state index contributed by atoms with van der Waals surface area (Å²) in [6, 6.07) is 24.1. The Morgan fingerprint density at radius 3 is 2.53 bits per heavy atom. The molecule has 0 aliphatic heterocycles. The van der Waals surface area contributed by atoms with Crippen LogP contribution in [0.3, 0.4) is 0 Å². The highest BCUT2D eigenvalue weighted by Gasteiger charge is 2.18. The summed E-state index contributed by atoms with van der Waals surface area (Å²) in [6.07, 6.45) is 1.63. The molecule has 1 heterocycles. The summed E-state index contributed by atoms with van der Waals surface area (Å²) in [7, 11) is 0. The van der Waals surface area contributed by atoms with Gasteiger partial charge in [-0.3, -0.25) is 10.1 Å². The van der Waals surface area contributed by atoms with E-state index in [0.29, 0.717) is 11.4 Å². The van der Waals surface area contributed by atoms with Crippen LogP contribution >= 0.6 is 15.9 Å². The molecule has 0 radical (unpaired) electrons. The Balaban J connectivity index is 1.88. The number of halogens is 1. The van der Waals surface area contributed by atoms with Crippen LogP contribution in [0, 0.1) is 17.0 Å². The molecule has 6 nitrogen and oxygen atoms in total. The van der Waals surface area contributed by atoms with Crippen LogP contribution in [0.2, 0.25) is 0 Å². The van der Waals surface area contributed by atoms with Crippen LogP contribution in [0.5, 0.6) is 0 Å². The second-order valence-electron chi connectivity index (χ2n) is 6.65. The maximum absolute atomic E-state index is 11.1. The van der Waals surface area contributed by atoms with E-state index in [-0.39, 0.29) is 5.69 Å². The highest BCUT2D eigenvalue weighted by Crippen LogP contribution is 2.36. The molecule has 0 aliphatic carbocycles. The standard InChI is InChI=1S/C23H17BrN4O2/c1-16-22(18-8-6-9-19(24)14-18)23(27(26-16)20-10-3-2-4-11-20)25-15-17-7-5-12-21(13-17)28(29)30/h2-15H,1H3/b25-15+. The lowest BCUT2D eigenvalue weighted by Gasteiger charge is -2.06. The van der Waals surface area contributed by atoms with Crippen molar-refractivity contribution >= 4 is 33.6 Å². The second-order valence-corrected chi connectivity index (χ2v) is 7.57. The molecule has 0 aliphatic rings. The number of nitro groups is 1. The molecule has 0 unspecified atom stereocenters. The van der Waals surface area contributed by atoms with Crippen LogP contribution in [0.15, 0.2) is 88.3 Å². The minimum Gasteiger partial charge on any atom is -0.258 e. The minimum atomic E-state index is -0.414. The number of aliphatic imine (C=N–C) groups is 1. The predicted molar refractivity (Wildman–Crippen MR) is 122 cm³/mol. The van der Waals surface area contributed by atoms with E-state index in [4.69, 9.17) is 10.1 Å². The fourth-order valence-corrected chi connectivity index (χ4v) is 3.62. The molecule has 4 rings (SSSR count). The number of para-hydroxylation sites is 1. The van der Waals surface area contributed by atoms with E-state index in [1.165, 1.54) is 12.1 Å². The molecule has 3 aromatic carbocycles. The summed E-state index contributed by atoms with van der Waals surface area (Å²) in [4.78, 5) is 15.4. The summed E-state index contributed by atoms with van der Waals surface area (Å²) in [5.41, 5.74) is 4.27. The Kier molecular flexibility index (Phi) is 5.54. The molecule has 7 heteroatoms. The van der Waals surface area contributed by atoms with Crippen molar-refractivity contribution in [2.24, 2.45) is 4.99 Å². The Hall–Kier alpha value is -3.58. The summed E-state index contributed by atoms with van der Waals surface area (Å²) in [6.45, 7) is 1.95. The monoisotopic (exact) mass is 460 g/mol. The van der Waals surface area contributed by atoms with Gasteiger partial charge in [0.1, 0.15) is 0 Å². The summed E-state index contributed by atoms with van der Waals surface area (Å²) < 4.78 is 2.75. The van der Waals surface area contributed by atoms with Crippen molar-refractivity contribution in [1.29, 1.82) is 0 Å². The number of hydrogen-bond donors (Lipinski definition) is 0. The van der Waals surface area contributed by atoms with Crippen molar-refractivity contribution in [3.8, 4) is 16.8 Å². The van der Waals surface area contributed by atoms with Crippen LogP contribution in [0.1, 0.15) is 11.3 Å². The van der Waals surface area contributed by atoms with Gasteiger partial charge >= 0.3 is 0 Å². The maximum atomic E-state index is 11.1. The molecule has 1 aromatic heterocycles. The fourth-order valence-electron chi connectivity index (χ4n) is 3.22. The lowest BCUT2D eigenvalue weighted by Crippen LogP contribution is -1.96. The van der Waals surface area contributed by atoms with Crippen molar-refractivity contribution in [1.82, 2.24) is 9.78 Å². The second kappa shape index (κ2) is 8.42. The first-order chi connectivity index (χ1) is 14.5. The fraction of sp³-hybridized carbons (Fsp3) is 0.0435. The van der Waals surface area contributed by atoms with Crippen molar-refractivity contribution in [2.75, 3.05) is 0 Å². The normalized spacial score (nSPS) is 11.1. The van der Waals surface area contributed by atoms with Gasteiger partial charge in [0.15, 0.2) is 5.82 Å². The number of aromatic nitrogens is 2. The van der Waals surface area contributed by atoms with E-state index >= 15 is 0 Å². The van der Waals surface area contributed by atoms with E-state index in [1.807, 2.05) is 61.5 Å². The lowest BCUT2D eigenvalue weighted by atomic mass is 10.1. The molecule has 0 spiro atoms. The Morgan fingerprint density at radius 2 is 1.80 bits per heavy atom. The Bertz CT molecular complexity index is 1250. The predicted octanol–water partition coefficient (Wildman–Crippen LogP) is 6.27. The van der Waals surface area contributed by atoms with Crippen molar-refractivity contribution in [3.05, 3.63) is 105 Å². The van der Waals surface area contributed by atoms with E-state index in [2.05, 4.69) is 15.9 Å². The largest absolute Gasteiger partial charge is 0.270 e. The summed E-state index contributed by atoms with van der Waals surface area (Å²) in [5.74, 6) is 0.656. The average Bonchev–Trinajstić information content (AvgIpc) is 3.09. The highest BCUT2D eigenvalue weighted by molar-refractivity contribution is 9.10. The van der Waals surface area contributed by atoms with Gasteiger partial charge in [0.2, 0.25) is 0 Å². The third kappa shape index (κ3) is 4.06. The summed E-state index contributed by atoms with van der Waals surface area (Å²) >= 11 is 3.53. The van der Waals surface area contributed by atoms with E-state index in [1.54, 1.807) is 23.0 Å². The number of rotatable bonds is 5. The third-order valence-electron chi connectivity index (χ3n) is 4.57. The SMILES string of the molecule is Cc1nn(-c2ccccc2)c(/N=C/c2cccc([N+](=O)[O-])c2)c1-c1cccc(Br)c1. The average molecular weight is 461 g/mol. The van der Waals surface area contributed by atoms with Crippen LogP contribution < -0.4 is 0 Å². The molecule has 4 aromatic rings. The van der Waals surface area contributed by atoms with Gasteiger partial charge in [0.25, 0.3) is 5.69 Å². The first kappa shape index (κ1) is 19.7. The quantitative estimate of drug-likeness (QED) is 0.200. The zero-order valence-corrected chi connectivity index (χ0v) is 17.7. The smallest absolute Gasteiger partial charge is 0.258 e. The number of nitrogens with zero attached hydrogens (tertiary/aromatic N) is 4. The zero-order chi connectivity index (χ0) is 21.1. The first-order valence-corrected chi connectivity index (χ1v) is 10.0. The van der Waals surface area contributed by atoms with Gasteiger partial charge in [-0.05, 0) is 42.3 Å².